The SMILES string of the molecule is O=S(=O)=C1C=CC(c2ccccn2)=CC1. The summed E-state index contributed by atoms with van der Waals surface area (Å²) in [5.41, 5.74) is 1.83. The van der Waals surface area contributed by atoms with E-state index in [1.807, 2.05) is 24.3 Å². The molecule has 1 aliphatic rings. The largest absolute Gasteiger partial charge is 0.256 e. The second-order valence-corrected chi connectivity index (χ2v) is 4.11. The normalized spacial score (nSPS) is 14.9. The Kier molecular flexibility index (Phi) is 2.78. The van der Waals surface area contributed by atoms with Gasteiger partial charge in [-0.1, -0.05) is 18.2 Å². The monoisotopic (exact) mass is 219 g/mol. The van der Waals surface area contributed by atoms with Crippen molar-refractivity contribution in [3.63, 3.8) is 0 Å². The van der Waals surface area contributed by atoms with Crippen LogP contribution in [0, 0.1) is 0 Å². The van der Waals surface area contributed by atoms with Gasteiger partial charge in [0.2, 0.25) is 10.3 Å². The van der Waals surface area contributed by atoms with Crippen LogP contribution in [0.15, 0.2) is 42.6 Å². The molecule has 0 unspecified atom stereocenters. The molecule has 3 nitrogen and oxygen atoms in total. The van der Waals surface area contributed by atoms with Gasteiger partial charge in [-0.3, -0.25) is 4.98 Å². The molecule has 0 saturated heterocycles. The summed E-state index contributed by atoms with van der Waals surface area (Å²) in [5, 5.41) is 0. The topological polar surface area (TPSA) is 47.0 Å². The van der Waals surface area contributed by atoms with Gasteiger partial charge < -0.3 is 0 Å². The Bertz CT molecular complexity index is 546. The Labute approximate surface area is 89.3 Å². The molecule has 0 aromatic carbocycles. The number of allylic oxidation sites excluding steroid dienone is 4. The molecule has 0 N–H and O–H groups in total. The fourth-order valence-corrected chi connectivity index (χ4v) is 1.77. The average molecular weight is 219 g/mol. The van der Waals surface area contributed by atoms with Crippen LogP contribution in [0.1, 0.15) is 12.1 Å². The summed E-state index contributed by atoms with van der Waals surface area (Å²) in [4.78, 5) is 4.60. The quantitative estimate of drug-likeness (QED) is 0.672. The van der Waals surface area contributed by atoms with Gasteiger partial charge in [0, 0.05) is 12.6 Å². The minimum absolute atomic E-state index is 0.412. The first-order valence-corrected chi connectivity index (χ1v) is 5.59. The van der Waals surface area contributed by atoms with Crippen LogP contribution >= 0.6 is 0 Å². The molecule has 0 atom stereocenters. The molecule has 1 aromatic rings. The molecule has 1 heterocycles. The summed E-state index contributed by atoms with van der Waals surface area (Å²) in [7, 11) is -2.11. The second-order valence-electron chi connectivity index (χ2n) is 3.11. The number of rotatable bonds is 1. The zero-order chi connectivity index (χ0) is 10.7. The first-order chi connectivity index (χ1) is 7.27. The summed E-state index contributed by atoms with van der Waals surface area (Å²) in [6, 6.07) is 5.65. The van der Waals surface area contributed by atoms with E-state index in [1.54, 1.807) is 18.3 Å². The highest BCUT2D eigenvalue weighted by Gasteiger charge is 2.05. The van der Waals surface area contributed by atoms with Crippen LogP contribution in [0.25, 0.3) is 5.57 Å². The molecule has 15 heavy (non-hydrogen) atoms. The molecule has 0 radical (unpaired) electrons. The zero-order valence-corrected chi connectivity index (χ0v) is 8.74. The Morgan fingerprint density at radius 2 is 2.07 bits per heavy atom. The van der Waals surface area contributed by atoms with Gasteiger partial charge in [-0.05, 0) is 23.8 Å². The molecular formula is C11H9NO2S. The molecule has 1 aliphatic carbocycles. The van der Waals surface area contributed by atoms with Crippen molar-refractivity contribution in [3.8, 4) is 0 Å². The highest BCUT2D eigenvalue weighted by atomic mass is 32.2. The van der Waals surface area contributed by atoms with Crippen LogP contribution in [-0.2, 0) is 10.3 Å². The first kappa shape index (κ1) is 9.86. The van der Waals surface area contributed by atoms with Gasteiger partial charge in [-0.25, -0.2) is 0 Å². The van der Waals surface area contributed by atoms with Gasteiger partial charge in [-0.15, -0.1) is 0 Å². The van der Waals surface area contributed by atoms with Gasteiger partial charge in [0.15, 0.2) is 0 Å². The first-order valence-electron chi connectivity index (χ1n) is 4.52. The molecule has 76 valence electrons. The molecule has 0 aliphatic heterocycles. The van der Waals surface area contributed by atoms with Crippen molar-refractivity contribution in [2.45, 2.75) is 6.42 Å². The predicted molar refractivity (Wildman–Crippen MR) is 59.9 cm³/mol. The smallest absolute Gasteiger partial charge is 0.217 e. The standard InChI is InChI=1S/C11H9NO2S/c13-15(14)10-6-4-9(5-7-10)11-3-1-2-8-12-11/h1-6,8H,7H2. The van der Waals surface area contributed by atoms with Crippen LogP contribution in [0.4, 0.5) is 0 Å². The van der Waals surface area contributed by atoms with Gasteiger partial charge in [0.1, 0.15) is 0 Å². The Morgan fingerprint density at radius 3 is 2.60 bits per heavy atom. The number of nitrogens with zero attached hydrogens (tertiary/aromatic N) is 1. The molecule has 0 saturated carbocycles. The van der Waals surface area contributed by atoms with Gasteiger partial charge in [-0.2, -0.15) is 8.42 Å². The van der Waals surface area contributed by atoms with Crippen molar-refractivity contribution in [3.05, 3.63) is 48.3 Å². The summed E-state index contributed by atoms with van der Waals surface area (Å²) in [5.74, 6) is 0. The van der Waals surface area contributed by atoms with E-state index in [1.165, 1.54) is 0 Å². The van der Waals surface area contributed by atoms with Gasteiger partial charge in [0.25, 0.3) is 0 Å². The maximum atomic E-state index is 10.7. The minimum Gasteiger partial charge on any atom is -0.256 e. The minimum atomic E-state index is -2.11. The van der Waals surface area contributed by atoms with Crippen molar-refractivity contribution in [2.24, 2.45) is 0 Å². The third-order valence-electron chi connectivity index (χ3n) is 2.15. The summed E-state index contributed by atoms with van der Waals surface area (Å²) >= 11 is 0. The third kappa shape index (κ3) is 2.22. The fraction of sp³-hybridized carbons (Fsp3) is 0.0909. The van der Waals surface area contributed by atoms with Gasteiger partial charge in [0.05, 0.1) is 10.6 Å². The van der Waals surface area contributed by atoms with Crippen molar-refractivity contribution in [1.29, 1.82) is 0 Å². The number of hydrogen-bond donors (Lipinski definition) is 0. The second kappa shape index (κ2) is 4.23. The molecule has 1 aromatic heterocycles. The molecule has 4 heteroatoms. The Hall–Kier alpha value is -1.68. The average Bonchev–Trinajstić information content (AvgIpc) is 2.30. The molecule has 0 amide bonds. The molecule has 0 fully saturated rings. The summed E-state index contributed by atoms with van der Waals surface area (Å²) in [6.07, 6.45) is 7.42. The van der Waals surface area contributed by atoms with E-state index in [9.17, 15) is 8.42 Å². The lowest BCUT2D eigenvalue weighted by atomic mass is 10.0. The summed E-state index contributed by atoms with van der Waals surface area (Å²) in [6.45, 7) is 0. The van der Waals surface area contributed by atoms with Crippen molar-refractivity contribution in [1.82, 2.24) is 4.98 Å². The number of aromatic nitrogens is 1. The van der Waals surface area contributed by atoms with Crippen molar-refractivity contribution < 1.29 is 8.42 Å². The maximum absolute atomic E-state index is 10.7. The molecule has 0 bridgehead atoms. The molecular weight excluding hydrogens is 210 g/mol. The van der Waals surface area contributed by atoms with Crippen LogP contribution < -0.4 is 0 Å². The van der Waals surface area contributed by atoms with Crippen LogP contribution in [0.2, 0.25) is 0 Å². The van der Waals surface area contributed by atoms with E-state index < -0.39 is 10.3 Å². The van der Waals surface area contributed by atoms with E-state index in [-0.39, 0.29) is 0 Å². The Morgan fingerprint density at radius 1 is 1.20 bits per heavy atom. The van der Waals surface area contributed by atoms with E-state index >= 15 is 0 Å². The van der Waals surface area contributed by atoms with Crippen molar-refractivity contribution in [2.75, 3.05) is 0 Å². The highest BCUT2D eigenvalue weighted by molar-refractivity contribution is 7.73. The van der Waals surface area contributed by atoms with E-state index in [0.29, 0.717) is 11.3 Å². The summed E-state index contributed by atoms with van der Waals surface area (Å²) < 4.78 is 21.3. The predicted octanol–water partition coefficient (Wildman–Crippen LogP) is 1.48. The zero-order valence-electron chi connectivity index (χ0n) is 7.92. The molecule has 2 rings (SSSR count). The highest BCUT2D eigenvalue weighted by Crippen LogP contribution is 2.17. The van der Waals surface area contributed by atoms with Crippen LogP contribution in [0.5, 0.6) is 0 Å². The lowest BCUT2D eigenvalue weighted by Crippen LogP contribution is -1.99. The van der Waals surface area contributed by atoms with Crippen LogP contribution in [0.3, 0.4) is 0 Å². The van der Waals surface area contributed by atoms with Crippen molar-refractivity contribution >= 4 is 20.7 Å². The Balaban J connectivity index is 2.32. The van der Waals surface area contributed by atoms with E-state index in [2.05, 4.69) is 4.98 Å². The maximum Gasteiger partial charge on any atom is 0.217 e. The number of hydrogen-bond acceptors (Lipinski definition) is 3. The lowest BCUT2D eigenvalue weighted by Gasteiger charge is -2.05. The van der Waals surface area contributed by atoms with E-state index in [0.717, 1.165) is 11.3 Å². The number of pyridine rings is 1. The van der Waals surface area contributed by atoms with Crippen LogP contribution in [-0.4, -0.2) is 18.3 Å². The fourth-order valence-electron chi connectivity index (χ4n) is 1.38. The third-order valence-corrected chi connectivity index (χ3v) is 2.88. The van der Waals surface area contributed by atoms with Gasteiger partial charge >= 0.3 is 0 Å². The molecule has 0 spiro atoms. The lowest BCUT2D eigenvalue weighted by molar-refractivity contribution is 0.627. The van der Waals surface area contributed by atoms with E-state index in [4.69, 9.17) is 0 Å².